The minimum atomic E-state index is -1.56. The Balaban J connectivity index is 1.82. The summed E-state index contributed by atoms with van der Waals surface area (Å²) in [5.41, 5.74) is 2.10. The zero-order valence-corrected chi connectivity index (χ0v) is 17.8. The third-order valence-electron chi connectivity index (χ3n) is 4.55. The Hall–Kier alpha value is -2.91. The molecule has 0 bridgehead atoms. The molecule has 1 atom stereocenters. The molecule has 0 spiro atoms. The molecule has 9 heteroatoms. The van der Waals surface area contributed by atoms with Gasteiger partial charge in [-0.15, -0.1) is 0 Å². The highest BCUT2D eigenvalue weighted by atomic mass is 32.2. The lowest BCUT2D eigenvalue weighted by molar-refractivity contribution is -0.150. The summed E-state index contributed by atoms with van der Waals surface area (Å²) in [6, 6.07) is 9.89. The highest BCUT2D eigenvalue weighted by Crippen LogP contribution is 2.35. The summed E-state index contributed by atoms with van der Waals surface area (Å²) in [5, 5.41) is 18.3. The van der Waals surface area contributed by atoms with Crippen LogP contribution in [0.5, 0.6) is 0 Å². The number of rotatable bonds is 7. The van der Waals surface area contributed by atoms with Crippen LogP contribution >= 0.6 is 24.0 Å². The van der Waals surface area contributed by atoms with Crippen molar-refractivity contribution >= 4 is 52.2 Å². The molecule has 1 saturated heterocycles. The third kappa shape index (κ3) is 4.63. The first-order chi connectivity index (χ1) is 14.2. The number of amides is 1. The van der Waals surface area contributed by atoms with Crippen molar-refractivity contribution in [3.63, 3.8) is 0 Å². The number of carboxylic acids is 2. The molecule has 0 radical (unpaired) electrons. The maximum Gasteiger partial charge on any atom is 0.327 e. The van der Waals surface area contributed by atoms with E-state index in [1.165, 1.54) is 11.6 Å². The van der Waals surface area contributed by atoms with E-state index in [0.717, 1.165) is 22.2 Å². The van der Waals surface area contributed by atoms with Gasteiger partial charge in [0.15, 0.2) is 0 Å². The van der Waals surface area contributed by atoms with Crippen molar-refractivity contribution in [1.29, 1.82) is 0 Å². The SMILES string of the molecule is CC(C)c1ccc(-c2ccc(/C=C3/SC(=S)N([C@@H](CC(=O)O)C(=O)O)C3=O)o2)cc1. The van der Waals surface area contributed by atoms with Crippen molar-refractivity contribution in [2.75, 3.05) is 0 Å². The van der Waals surface area contributed by atoms with Crippen molar-refractivity contribution in [2.45, 2.75) is 32.2 Å². The van der Waals surface area contributed by atoms with Crippen LogP contribution in [-0.4, -0.2) is 43.3 Å². The minimum absolute atomic E-state index is 0.00375. The van der Waals surface area contributed by atoms with E-state index in [4.69, 9.17) is 21.7 Å². The van der Waals surface area contributed by atoms with Crippen LogP contribution in [0.25, 0.3) is 17.4 Å². The number of carbonyl (C=O) groups is 3. The standard InChI is InChI=1S/C21H19NO6S2/c1-11(2)12-3-5-13(6-4-12)16-8-7-14(28-16)9-17-19(25)22(21(29)30-17)15(20(26)27)10-18(23)24/h3-9,11,15H,10H2,1-2H3,(H,23,24)(H,26,27)/b17-9+/t15-/m0/s1. The predicted molar refractivity (Wildman–Crippen MR) is 117 cm³/mol. The van der Waals surface area contributed by atoms with E-state index in [2.05, 4.69) is 13.8 Å². The number of thiocarbonyl (C=S) groups is 1. The van der Waals surface area contributed by atoms with Gasteiger partial charge in [0.2, 0.25) is 0 Å². The van der Waals surface area contributed by atoms with E-state index in [9.17, 15) is 19.5 Å². The molecule has 0 saturated carbocycles. The zero-order chi connectivity index (χ0) is 22.0. The summed E-state index contributed by atoms with van der Waals surface area (Å²) in [6.07, 6.45) is 0.733. The molecular formula is C21H19NO6S2. The van der Waals surface area contributed by atoms with E-state index in [1.54, 1.807) is 12.1 Å². The number of benzene rings is 1. The van der Waals surface area contributed by atoms with Crippen LogP contribution in [-0.2, 0) is 14.4 Å². The molecular weight excluding hydrogens is 426 g/mol. The van der Waals surface area contributed by atoms with Crippen LogP contribution in [0.2, 0.25) is 0 Å². The summed E-state index contributed by atoms with van der Waals surface area (Å²) in [5.74, 6) is -1.97. The van der Waals surface area contributed by atoms with Gasteiger partial charge in [-0.05, 0) is 23.6 Å². The smallest absolute Gasteiger partial charge is 0.327 e. The number of furan rings is 1. The van der Waals surface area contributed by atoms with E-state index >= 15 is 0 Å². The maximum atomic E-state index is 12.7. The first-order valence-corrected chi connectivity index (χ1v) is 10.3. The average molecular weight is 446 g/mol. The van der Waals surface area contributed by atoms with Crippen LogP contribution < -0.4 is 0 Å². The number of thioether (sulfide) groups is 1. The Kier molecular flexibility index (Phi) is 6.42. The molecule has 1 aromatic heterocycles. The van der Waals surface area contributed by atoms with Gasteiger partial charge in [0.05, 0.1) is 11.3 Å². The van der Waals surface area contributed by atoms with Crippen molar-refractivity contribution in [3.8, 4) is 11.3 Å². The fourth-order valence-electron chi connectivity index (χ4n) is 2.95. The molecule has 1 aromatic carbocycles. The summed E-state index contributed by atoms with van der Waals surface area (Å²) in [4.78, 5) is 36.1. The first-order valence-electron chi connectivity index (χ1n) is 9.09. The summed E-state index contributed by atoms with van der Waals surface area (Å²) < 4.78 is 5.81. The molecule has 1 aliphatic rings. The number of aliphatic carboxylic acids is 2. The first kappa shape index (κ1) is 21.8. The largest absolute Gasteiger partial charge is 0.481 e. The van der Waals surface area contributed by atoms with Crippen molar-refractivity contribution in [2.24, 2.45) is 0 Å². The van der Waals surface area contributed by atoms with Crippen LogP contribution in [0, 0.1) is 0 Å². The number of hydrogen-bond acceptors (Lipinski definition) is 6. The van der Waals surface area contributed by atoms with E-state index in [-0.39, 0.29) is 9.23 Å². The molecule has 1 amide bonds. The highest BCUT2D eigenvalue weighted by Gasteiger charge is 2.41. The fraction of sp³-hybridized carbons (Fsp3) is 0.238. The van der Waals surface area contributed by atoms with Gasteiger partial charge >= 0.3 is 11.9 Å². The van der Waals surface area contributed by atoms with Crippen LogP contribution in [0.15, 0.2) is 45.7 Å². The van der Waals surface area contributed by atoms with Gasteiger partial charge in [-0.1, -0.05) is 62.1 Å². The van der Waals surface area contributed by atoms with Crippen LogP contribution in [0.4, 0.5) is 0 Å². The van der Waals surface area contributed by atoms with Gasteiger partial charge in [-0.3, -0.25) is 14.5 Å². The van der Waals surface area contributed by atoms with E-state index in [0.29, 0.717) is 17.4 Å². The van der Waals surface area contributed by atoms with Crippen LogP contribution in [0.1, 0.15) is 37.5 Å². The van der Waals surface area contributed by atoms with Gasteiger partial charge in [0, 0.05) is 11.6 Å². The van der Waals surface area contributed by atoms with Gasteiger partial charge in [0.1, 0.15) is 21.9 Å². The quantitative estimate of drug-likeness (QED) is 0.482. The molecule has 2 N–H and O–H groups in total. The number of carbonyl (C=O) groups excluding carboxylic acids is 1. The lowest BCUT2D eigenvalue weighted by Crippen LogP contribution is -2.45. The highest BCUT2D eigenvalue weighted by molar-refractivity contribution is 8.26. The summed E-state index contributed by atoms with van der Waals surface area (Å²) in [6.45, 7) is 4.23. The second-order valence-corrected chi connectivity index (χ2v) is 8.66. The topological polar surface area (TPSA) is 108 Å². The monoisotopic (exact) mass is 445 g/mol. The maximum absolute atomic E-state index is 12.7. The van der Waals surface area contributed by atoms with E-state index in [1.807, 2.05) is 24.3 Å². The lowest BCUT2D eigenvalue weighted by atomic mass is 10.0. The molecule has 156 valence electrons. The van der Waals surface area contributed by atoms with Gasteiger partial charge in [0.25, 0.3) is 5.91 Å². The zero-order valence-electron chi connectivity index (χ0n) is 16.2. The Bertz CT molecular complexity index is 1040. The molecule has 30 heavy (non-hydrogen) atoms. The predicted octanol–water partition coefficient (Wildman–Crippen LogP) is 4.20. The Morgan fingerprint density at radius 2 is 1.83 bits per heavy atom. The normalized spacial score (nSPS) is 16.5. The Morgan fingerprint density at radius 1 is 1.17 bits per heavy atom. The minimum Gasteiger partial charge on any atom is -0.481 e. The van der Waals surface area contributed by atoms with Gasteiger partial charge in [-0.2, -0.15) is 0 Å². The van der Waals surface area contributed by atoms with Gasteiger partial charge in [-0.25, -0.2) is 4.79 Å². The van der Waals surface area contributed by atoms with Gasteiger partial charge < -0.3 is 14.6 Å². The second-order valence-electron chi connectivity index (χ2n) is 6.98. The Labute approximate surface area is 182 Å². The molecule has 1 fully saturated rings. The molecule has 1 aliphatic heterocycles. The van der Waals surface area contributed by atoms with Crippen LogP contribution in [0.3, 0.4) is 0 Å². The fourth-order valence-corrected chi connectivity index (χ4v) is 4.29. The second kappa shape index (κ2) is 8.85. The Morgan fingerprint density at radius 3 is 2.40 bits per heavy atom. The number of nitrogens with zero attached hydrogens (tertiary/aromatic N) is 1. The molecule has 3 rings (SSSR count). The molecule has 2 heterocycles. The lowest BCUT2D eigenvalue weighted by Gasteiger charge is -2.21. The summed E-state index contributed by atoms with van der Waals surface area (Å²) in [7, 11) is 0. The molecule has 0 unspecified atom stereocenters. The third-order valence-corrected chi connectivity index (χ3v) is 5.88. The van der Waals surface area contributed by atoms with E-state index < -0.39 is 30.3 Å². The molecule has 0 aliphatic carbocycles. The summed E-state index contributed by atoms with van der Waals surface area (Å²) >= 11 is 6.03. The molecule has 7 nitrogen and oxygen atoms in total. The number of hydrogen-bond donors (Lipinski definition) is 2. The molecule has 2 aromatic rings. The average Bonchev–Trinajstić information content (AvgIpc) is 3.25. The number of carboxylic acid groups (broad SMARTS) is 2. The van der Waals surface area contributed by atoms with Crippen molar-refractivity contribution < 1.29 is 29.0 Å². The van der Waals surface area contributed by atoms with Crippen molar-refractivity contribution in [3.05, 3.63) is 52.6 Å². The van der Waals surface area contributed by atoms with Crippen molar-refractivity contribution in [1.82, 2.24) is 4.90 Å².